The second-order valence-electron chi connectivity index (χ2n) is 11.4. The van der Waals surface area contributed by atoms with Crippen LogP contribution in [-0.2, 0) is 0 Å². The van der Waals surface area contributed by atoms with E-state index in [0.717, 1.165) is 62.0 Å². The van der Waals surface area contributed by atoms with Crippen molar-refractivity contribution >= 4 is 66.6 Å². The Labute approximate surface area is 216 Å². The van der Waals surface area contributed by atoms with E-state index in [1.807, 2.05) is 0 Å². The van der Waals surface area contributed by atoms with Crippen molar-refractivity contribution < 1.29 is 0 Å². The van der Waals surface area contributed by atoms with E-state index in [1.165, 1.54) is 23.6 Å². The number of hydrogen-bond acceptors (Lipinski definition) is 3. The zero-order chi connectivity index (χ0) is 24.6. The van der Waals surface area contributed by atoms with Crippen LogP contribution in [0.3, 0.4) is 0 Å². The first kappa shape index (κ1) is 21.9. The molecule has 3 atom stereocenters. The molecule has 0 spiro atoms. The molecule has 36 heavy (non-hydrogen) atoms. The molecule has 1 N–H and O–H groups in total. The summed E-state index contributed by atoms with van der Waals surface area (Å²) in [6.45, 7) is 8.30. The van der Waals surface area contributed by atoms with Gasteiger partial charge in [0.15, 0.2) is 5.11 Å². The minimum atomic E-state index is 0.366. The monoisotopic (exact) mass is 490 g/mol. The highest BCUT2D eigenvalue weighted by Gasteiger charge is 2.48. The summed E-state index contributed by atoms with van der Waals surface area (Å²) in [7, 11) is 0. The third kappa shape index (κ3) is 3.29. The summed E-state index contributed by atoms with van der Waals surface area (Å²) in [6, 6.07) is 23.7. The molecule has 1 aliphatic heterocycles. The van der Waals surface area contributed by atoms with Crippen LogP contribution in [0.1, 0.15) is 33.6 Å². The molecule has 7 rings (SSSR count). The fourth-order valence-corrected chi connectivity index (χ4v) is 7.08. The lowest BCUT2D eigenvalue weighted by Gasteiger charge is -2.41. The quantitative estimate of drug-likeness (QED) is 0.149. The molecule has 1 aliphatic carbocycles. The Bertz CT molecular complexity index is 1690. The van der Waals surface area contributed by atoms with Gasteiger partial charge in [-0.05, 0) is 71.3 Å². The molecule has 1 aromatic heterocycles. The van der Waals surface area contributed by atoms with Crippen LogP contribution in [0.2, 0.25) is 0 Å². The van der Waals surface area contributed by atoms with Crippen LogP contribution in [0.25, 0.3) is 43.6 Å². The number of benzene rings is 4. The predicted octanol–water partition coefficient (Wildman–Crippen LogP) is 7.54. The lowest BCUT2D eigenvalue weighted by molar-refractivity contribution is 0.107. The van der Waals surface area contributed by atoms with Crippen molar-refractivity contribution in [2.45, 2.75) is 39.7 Å². The number of rotatable bonds is 1. The van der Waals surface area contributed by atoms with Crippen molar-refractivity contribution in [1.29, 1.82) is 0 Å². The molecule has 2 fully saturated rings. The lowest BCUT2D eigenvalue weighted by Crippen LogP contribution is -2.41. The van der Waals surface area contributed by atoms with Gasteiger partial charge in [0.05, 0.1) is 22.1 Å². The van der Waals surface area contributed by atoms with Crippen LogP contribution in [0, 0.1) is 17.3 Å². The second-order valence-corrected chi connectivity index (χ2v) is 11.8. The van der Waals surface area contributed by atoms with E-state index in [9.17, 15) is 0 Å². The van der Waals surface area contributed by atoms with Crippen LogP contribution in [-0.4, -0.2) is 32.6 Å². The van der Waals surface area contributed by atoms with Gasteiger partial charge in [-0.2, -0.15) is 0 Å². The first-order valence-corrected chi connectivity index (χ1v) is 13.4. The molecule has 0 amide bonds. The Balaban J connectivity index is 1.28. The molecule has 5 heteroatoms. The van der Waals surface area contributed by atoms with Crippen LogP contribution in [0.15, 0.2) is 66.7 Å². The Morgan fingerprint density at radius 2 is 1.50 bits per heavy atom. The summed E-state index contributed by atoms with van der Waals surface area (Å²) in [5, 5.41) is 9.06. The number of fused-ring (bicyclic) bond motifs is 9. The molecule has 4 aromatic carbocycles. The lowest BCUT2D eigenvalue weighted by atomic mass is 9.65. The van der Waals surface area contributed by atoms with E-state index >= 15 is 0 Å². The number of thiocarbonyl (C=S) groups is 1. The van der Waals surface area contributed by atoms with Crippen LogP contribution in [0.4, 0.5) is 5.69 Å². The zero-order valence-electron chi connectivity index (χ0n) is 21.0. The average molecular weight is 491 g/mol. The van der Waals surface area contributed by atoms with E-state index in [4.69, 9.17) is 22.2 Å². The van der Waals surface area contributed by atoms with Crippen LogP contribution < -0.4 is 5.32 Å². The predicted molar refractivity (Wildman–Crippen MR) is 154 cm³/mol. The highest BCUT2D eigenvalue weighted by atomic mass is 32.1. The fourth-order valence-electron chi connectivity index (χ4n) is 6.74. The smallest absolute Gasteiger partial charge is 0.173 e. The molecule has 2 bridgehead atoms. The molecule has 180 valence electrons. The minimum Gasteiger partial charge on any atom is -0.346 e. The summed E-state index contributed by atoms with van der Waals surface area (Å²) < 4.78 is 0. The highest BCUT2D eigenvalue weighted by molar-refractivity contribution is 7.80. The summed E-state index contributed by atoms with van der Waals surface area (Å²) in [4.78, 5) is 12.7. The molecular weight excluding hydrogens is 460 g/mol. The van der Waals surface area contributed by atoms with E-state index < -0.39 is 0 Å². The summed E-state index contributed by atoms with van der Waals surface area (Å²) in [6.07, 6.45) is 2.45. The molecule has 1 saturated carbocycles. The standard InChI is InChI=1S/C31H30N4S/c1-18-19-14-21(16-31(18,2)3)35(17-19)30(36)32-20-12-13-26-27(15-20)34-29-25-11-7-5-9-23(25)22-8-4-6-10-24(22)28(29)33-26/h4-13,15,18-19,21H,14,16-17H2,1-3H3,(H,32,36)/t18-,19+,21+/m1/s1. The molecule has 5 aromatic rings. The fraction of sp³-hybridized carbons (Fsp3) is 0.323. The average Bonchev–Trinajstić information content (AvgIpc) is 3.26. The van der Waals surface area contributed by atoms with Gasteiger partial charge in [0.25, 0.3) is 0 Å². The van der Waals surface area contributed by atoms with Gasteiger partial charge in [0.1, 0.15) is 0 Å². The Morgan fingerprint density at radius 3 is 2.17 bits per heavy atom. The first-order valence-electron chi connectivity index (χ1n) is 13.0. The van der Waals surface area contributed by atoms with Crippen molar-refractivity contribution in [1.82, 2.24) is 14.9 Å². The van der Waals surface area contributed by atoms with E-state index in [2.05, 4.69) is 97.7 Å². The van der Waals surface area contributed by atoms with Gasteiger partial charge in [-0.1, -0.05) is 69.3 Å². The Morgan fingerprint density at radius 1 is 0.889 bits per heavy atom. The van der Waals surface area contributed by atoms with Crippen molar-refractivity contribution in [3.8, 4) is 0 Å². The van der Waals surface area contributed by atoms with Crippen molar-refractivity contribution in [2.75, 3.05) is 11.9 Å². The van der Waals surface area contributed by atoms with Gasteiger partial charge in [-0.25, -0.2) is 9.97 Å². The van der Waals surface area contributed by atoms with Crippen LogP contribution in [0.5, 0.6) is 0 Å². The maximum absolute atomic E-state index is 5.93. The summed E-state index contributed by atoms with van der Waals surface area (Å²) in [5.41, 5.74) is 5.01. The van der Waals surface area contributed by atoms with Gasteiger partial charge in [0, 0.05) is 29.0 Å². The van der Waals surface area contributed by atoms with Crippen molar-refractivity contribution in [3.05, 3.63) is 66.7 Å². The minimum absolute atomic E-state index is 0.366. The van der Waals surface area contributed by atoms with E-state index in [0.29, 0.717) is 11.5 Å². The molecule has 4 nitrogen and oxygen atoms in total. The maximum atomic E-state index is 5.93. The Kier molecular flexibility index (Phi) is 4.78. The van der Waals surface area contributed by atoms with Gasteiger partial charge in [-0.3, -0.25) is 0 Å². The first-order chi connectivity index (χ1) is 17.4. The largest absolute Gasteiger partial charge is 0.346 e. The third-order valence-corrected chi connectivity index (χ3v) is 9.32. The number of nitrogens with one attached hydrogen (secondary N) is 1. The van der Waals surface area contributed by atoms with E-state index in [-0.39, 0.29) is 0 Å². The molecular formula is C31H30N4S. The number of aromatic nitrogens is 2. The Hall–Kier alpha value is -3.31. The van der Waals surface area contributed by atoms with Gasteiger partial charge < -0.3 is 10.2 Å². The van der Waals surface area contributed by atoms with E-state index in [1.54, 1.807) is 0 Å². The van der Waals surface area contributed by atoms with Crippen LogP contribution >= 0.6 is 12.2 Å². The van der Waals surface area contributed by atoms with Crippen molar-refractivity contribution in [2.24, 2.45) is 17.3 Å². The van der Waals surface area contributed by atoms with Gasteiger partial charge >= 0.3 is 0 Å². The maximum Gasteiger partial charge on any atom is 0.173 e. The van der Waals surface area contributed by atoms with Crippen molar-refractivity contribution in [3.63, 3.8) is 0 Å². The molecule has 0 radical (unpaired) electrons. The topological polar surface area (TPSA) is 41.0 Å². The number of anilines is 1. The summed E-state index contributed by atoms with van der Waals surface area (Å²) in [5.74, 6) is 1.44. The second kappa shape index (κ2) is 7.84. The molecule has 0 unspecified atom stereocenters. The molecule has 2 heterocycles. The number of nitrogens with zero attached hydrogens (tertiary/aromatic N) is 3. The highest BCUT2D eigenvalue weighted by Crippen LogP contribution is 2.49. The number of likely N-dealkylation sites (tertiary alicyclic amines) is 1. The zero-order valence-corrected chi connectivity index (χ0v) is 21.8. The summed E-state index contributed by atoms with van der Waals surface area (Å²) >= 11 is 5.93. The SMILES string of the molecule is C[C@@H]1[C@H]2C[C@@H](CC1(C)C)N(C(=S)Nc1ccc3nc4c5ccccc5c5ccccc5c4nc3c1)C2. The van der Waals surface area contributed by atoms with Gasteiger partial charge in [-0.15, -0.1) is 0 Å². The molecule has 2 aliphatic rings. The number of hydrogen-bond donors (Lipinski definition) is 1. The van der Waals surface area contributed by atoms with Gasteiger partial charge in [0.2, 0.25) is 0 Å². The normalized spacial score (nSPS) is 23.1. The third-order valence-electron chi connectivity index (χ3n) is 8.98. The molecule has 1 saturated heterocycles.